The highest BCUT2D eigenvalue weighted by Gasteiger charge is 2.20. The van der Waals surface area contributed by atoms with Crippen molar-refractivity contribution in [1.82, 2.24) is 4.98 Å². The van der Waals surface area contributed by atoms with Gasteiger partial charge in [0.15, 0.2) is 0 Å². The molecule has 2 rings (SSSR count). The molecular formula is C14H23N3O. The molecule has 1 aromatic rings. The summed E-state index contributed by atoms with van der Waals surface area (Å²) in [5.74, 6) is 2.71. The number of nitrogens with one attached hydrogen (secondary N) is 2. The second kappa shape index (κ2) is 7.21. The van der Waals surface area contributed by atoms with Gasteiger partial charge in [-0.3, -0.25) is 0 Å². The molecule has 18 heavy (non-hydrogen) atoms. The summed E-state index contributed by atoms with van der Waals surface area (Å²) in [7, 11) is 0. The second-order valence-corrected chi connectivity index (χ2v) is 4.74. The topological polar surface area (TPSA) is 46.2 Å². The lowest BCUT2D eigenvalue weighted by molar-refractivity contribution is 0.124. The van der Waals surface area contributed by atoms with Crippen molar-refractivity contribution < 1.29 is 4.74 Å². The molecule has 1 aliphatic carbocycles. The molecule has 0 bridgehead atoms. The van der Waals surface area contributed by atoms with Crippen molar-refractivity contribution in [2.24, 2.45) is 5.92 Å². The van der Waals surface area contributed by atoms with Gasteiger partial charge >= 0.3 is 0 Å². The highest BCUT2D eigenvalue weighted by molar-refractivity contribution is 5.44. The summed E-state index contributed by atoms with van der Waals surface area (Å²) in [6.07, 6.45) is 3.75. The van der Waals surface area contributed by atoms with Crippen LogP contribution in [0, 0.1) is 5.92 Å². The number of aromatic nitrogens is 1. The van der Waals surface area contributed by atoms with E-state index in [1.54, 1.807) is 0 Å². The lowest BCUT2D eigenvalue weighted by atomic mass is 10.4. The van der Waals surface area contributed by atoms with Gasteiger partial charge in [-0.05, 0) is 44.2 Å². The van der Waals surface area contributed by atoms with Gasteiger partial charge in [0.05, 0.1) is 0 Å². The highest BCUT2D eigenvalue weighted by atomic mass is 16.5. The maximum absolute atomic E-state index is 5.59. The molecule has 1 heterocycles. The van der Waals surface area contributed by atoms with Crippen LogP contribution in [0.25, 0.3) is 0 Å². The molecule has 0 aromatic carbocycles. The third kappa shape index (κ3) is 4.92. The van der Waals surface area contributed by atoms with E-state index in [-0.39, 0.29) is 0 Å². The Kier molecular flexibility index (Phi) is 5.27. The average molecular weight is 249 g/mol. The van der Waals surface area contributed by atoms with Gasteiger partial charge < -0.3 is 15.4 Å². The predicted molar refractivity (Wildman–Crippen MR) is 75.1 cm³/mol. The number of anilines is 2. The van der Waals surface area contributed by atoms with Crippen molar-refractivity contribution >= 4 is 11.6 Å². The van der Waals surface area contributed by atoms with Crippen molar-refractivity contribution in [2.75, 3.05) is 36.9 Å². The zero-order valence-electron chi connectivity index (χ0n) is 11.1. The minimum Gasteiger partial charge on any atom is -0.381 e. The first-order chi connectivity index (χ1) is 8.88. The molecule has 1 aliphatic rings. The fourth-order valence-corrected chi connectivity index (χ4v) is 1.74. The monoisotopic (exact) mass is 249 g/mol. The molecule has 1 saturated carbocycles. The van der Waals surface area contributed by atoms with Crippen LogP contribution in [0.15, 0.2) is 18.2 Å². The normalized spacial score (nSPS) is 14.5. The van der Waals surface area contributed by atoms with E-state index in [9.17, 15) is 0 Å². The molecule has 0 amide bonds. The lowest BCUT2D eigenvalue weighted by Crippen LogP contribution is -2.08. The summed E-state index contributed by atoms with van der Waals surface area (Å²) in [5, 5.41) is 6.52. The van der Waals surface area contributed by atoms with E-state index in [1.165, 1.54) is 12.8 Å². The van der Waals surface area contributed by atoms with E-state index in [1.807, 2.05) is 18.2 Å². The van der Waals surface area contributed by atoms with E-state index in [0.717, 1.165) is 50.3 Å². The Morgan fingerprint density at radius 1 is 1.28 bits per heavy atom. The van der Waals surface area contributed by atoms with Gasteiger partial charge in [-0.15, -0.1) is 0 Å². The van der Waals surface area contributed by atoms with Crippen LogP contribution in [0.2, 0.25) is 0 Å². The Morgan fingerprint density at radius 3 is 2.78 bits per heavy atom. The van der Waals surface area contributed by atoms with Gasteiger partial charge in [0, 0.05) is 26.3 Å². The maximum Gasteiger partial charge on any atom is 0.128 e. The summed E-state index contributed by atoms with van der Waals surface area (Å²) >= 11 is 0. The number of hydrogen-bond donors (Lipinski definition) is 2. The molecule has 1 fully saturated rings. The summed E-state index contributed by atoms with van der Waals surface area (Å²) < 4.78 is 5.59. The molecule has 4 heteroatoms. The van der Waals surface area contributed by atoms with E-state index in [4.69, 9.17) is 4.74 Å². The molecule has 100 valence electrons. The molecular weight excluding hydrogens is 226 g/mol. The molecule has 1 aromatic heterocycles. The van der Waals surface area contributed by atoms with E-state index in [0.29, 0.717) is 0 Å². The van der Waals surface area contributed by atoms with E-state index in [2.05, 4.69) is 22.5 Å². The van der Waals surface area contributed by atoms with Crippen LogP contribution >= 0.6 is 0 Å². The second-order valence-electron chi connectivity index (χ2n) is 4.74. The number of nitrogens with zero attached hydrogens (tertiary/aromatic N) is 1. The largest absolute Gasteiger partial charge is 0.381 e. The minimum absolute atomic E-state index is 0.844. The van der Waals surface area contributed by atoms with Crippen molar-refractivity contribution in [3.05, 3.63) is 18.2 Å². The Labute approximate surface area is 109 Å². The van der Waals surface area contributed by atoms with Crippen LogP contribution in [-0.2, 0) is 4.74 Å². The van der Waals surface area contributed by atoms with Crippen LogP contribution < -0.4 is 10.6 Å². The SMILES string of the molecule is CCNc1cccc(NCCCOCC2CC2)n1. The van der Waals surface area contributed by atoms with Crippen LogP contribution in [0.4, 0.5) is 11.6 Å². The Bertz CT molecular complexity index is 353. The summed E-state index contributed by atoms with van der Waals surface area (Å²) in [6.45, 7) is 5.67. The summed E-state index contributed by atoms with van der Waals surface area (Å²) in [5.41, 5.74) is 0. The van der Waals surface area contributed by atoms with Crippen LogP contribution in [0.5, 0.6) is 0 Å². The van der Waals surface area contributed by atoms with Gasteiger partial charge in [0.25, 0.3) is 0 Å². The molecule has 0 unspecified atom stereocenters. The van der Waals surface area contributed by atoms with Crippen LogP contribution in [0.1, 0.15) is 26.2 Å². The Balaban J connectivity index is 1.58. The molecule has 0 spiro atoms. The molecule has 4 nitrogen and oxygen atoms in total. The quantitative estimate of drug-likeness (QED) is 0.661. The molecule has 0 saturated heterocycles. The smallest absolute Gasteiger partial charge is 0.128 e. The fraction of sp³-hybridized carbons (Fsp3) is 0.643. The van der Waals surface area contributed by atoms with Gasteiger partial charge in [-0.25, -0.2) is 4.98 Å². The van der Waals surface area contributed by atoms with Gasteiger partial charge in [-0.1, -0.05) is 6.07 Å². The molecule has 0 radical (unpaired) electrons. The summed E-state index contributed by atoms with van der Waals surface area (Å²) in [6, 6.07) is 5.98. The lowest BCUT2D eigenvalue weighted by Gasteiger charge is -2.08. The predicted octanol–water partition coefficient (Wildman–Crippen LogP) is 2.74. The van der Waals surface area contributed by atoms with Crippen molar-refractivity contribution in [3.8, 4) is 0 Å². The third-order valence-corrected chi connectivity index (χ3v) is 2.93. The standard InChI is InChI=1S/C14H23N3O/c1-2-15-13-5-3-6-14(17-13)16-9-4-10-18-11-12-7-8-12/h3,5-6,12H,2,4,7-11H2,1H3,(H2,15,16,17). The first-order valence-electron chi connectivity index (χ1n) is 6.91. The van der Waals surface area contributed by atoms with Gasteiger partial charge in [0.1, 0.15) is 11.6 Å². The van der Waals surface area contributed by atoms with E-state index < -0.39 is 0 Å². The van der Waals surface area contributed by atoms with Crippen molar-refractivity contribution in [1.29, 1.82) is 0 Å². The Morgan fingerprint density at radius 2 is 2.06 bits per heavy atom. The first-order valence-corrected chi connectivity index (χ1v) is 6.91. The summed E-state index contributed by atoms with van der Waals surface area (Å²) in [4.78, 5) is 4.46. The molecule has 0 atom stereocenters. The zero-order valence-corrected chi connectivity index (χ0v) is 11.1. The maximum atomic E-state index is 5.59. The third-order valence-electron chi connectivity index (χ3n) is 2.93. The van der Waals surface area contributed by atoms with Gasteiger partial charge in [-0.2, -0.15) is 0 Å². The van der Waals surface area contributed by atoms with Crippen LogP contribution in [0.3, 0.4) is 0 Å². The minimum atomic E-state index is 0.844. The Hall–Kier alpha value is -1.29. The van der Waals surface area contributed by atoms with Crippen molar-refractivity contribution in [3.63, 3.8) is 0 Å². The highest BCUT2D eigenvalue weighted by Crippen LogP contribution is 2.28. The zero-order chi connectivity index (χ0) is 12.6. The number of rotatable bonds is 9. The fourth-order valence-electron chi connectivity index (χ4n) is 1.74. The van der Waals surface area contributed by atoms with E-state index >= 15 is 0 Å². The number of hydrogen-bond acceptors (Lipinski definition) is 4. The average Bonchev–Trinajstić information content (AvgIpc) is 3.19. The molecule has 0 aliphatic heterocycles. The van der Waals surface area contributed by atoms with Gasteiger partial charge in [0.2, 0.25) is 0 Å². The molecule has 2 N–H and O–H groups in total. The van der Waals surface area contributed by atoms with Crippen LogP contribution in [-0.4, -0.2) is 31.3 Å². The number of pyridine rings is 1. The first kappa shape index (κ1) is 13.1. The number of ether oxygens (including phenoxy) is 1. The van der Waals surface area contributed by atoms with Crippen molar-refractivity contribution in [2.45, 2.75) is 26.2 Å².